The summed E-state index contributed by atoms with van der Waals surface area (Å²) in [5.41, 5.74) is -0.549. The summed E-state index contributed by atoms with van der Waals surface area (Å²) in [6.45, 7) is 3.29. The standard InChI is InChI=1S/C16H25N3O7/c1-16(2,5-7-20)26-8-6-18-15(25)11(9-17-10-14(23)24)19-12(21)3-4-13(19)22/h3-4,11,17,20H,5-10H2,1-2H3,(H,18,25)(H,23,24)/t11-/m1/s1. The molecule has 0 saturated carbocycles. The maximum Gasteiger partial charge on any atom is 0.317 e. The van der Waals surface area contributed by atoms with Gasteiger partial charge in [0.05, 0.1) is 18.8 Å². The van der Waals surface area contributed by atoms with Gasteiger partial charge in [0.25, 0.3) is 11.8 Å². The fourth-order valence-electron chi connectivity index (χ4n) is 2.30. The van der Waals surface area contributed by atoms with Crippen LogP contribution in [0.15, 0.2) is 12.2 Å². The highest BCUT2D eigenvalue weighted by molar-refractivity contribution is 6.15. The van der Waals surface area contributed by atoms with E-state index in [9.17, 15) is 19.2 Å². The number of carbonyl (C=O) groups excluding carboxylic acids is 3. The summed E-state index contributed by atoms with van der Waals surface area (Å²) >= 11 is 0. The van der Waals surface area contributed by atoms with E-state index < -0.39 is 41.9 Å². The zero-order valence-electron chi connectivity index (χ0n) is 14.9. The Morgan fingerprint density at radius 3 is 2.42 bits per heavy atom. The lowest BCUT2D eigenvalue weighted by atomic mass is 10.1. The Balaban J connectivity index is 2.59. The van der Waals surface area contributed by atoms with Crippen molar-refractivity contribution in [2.75, 3.05) is 32.8 Å². The number of ether oxygens (including phenoxy) is 1. The minimum Gasteiger partial charge on any atom is -0.480 e. The van der Waals surface area contributed by atoms with E-state index in [4.69, 9.17) is 14.9 Å². The van der Waals surface area contributed by atoms with E-state index in [1.807, 2.05) is 0 Å². The van der Waals surface area contributed by atoms with Crippen LogP contribution in [0.25, 0.3) is 0 Å². The van der Waals surface area contributed by atoms with E-state index in [0.717, 1.165) is 17.1 Å². The van der Waals surface area contributed by atoms with Gasteiger partial charge in [0.2, 0.25) is 5.91 Å². The van der Waals surface area contributed by atoms with Gasteiger partial charge in [-0.15, -0.1) is 0 Å². The molecule has 0 aromatic rings. The van der Waals surface area contributed by atoms with Crippen molar-refractivity contribution in [1.82, 2.24) is 15.5 Å². The molecule has 0 spiro atoms. The molecule has 0 saturated heterocycles. The molecule has 0 unspecified atom stereocenters. The van der Waals surface area contributed by atoms with Crippen molar-refractivity contribution in [3.63, 3.8) is 0 Å². The number of amides is 3. The van der Waals surface area contributed by atoms with Crippen LogP contribution in [0.4, 0.5) is 0 Å². The van der Waals surface area contributed by atoms with Gasteiger partial charge < -0.3 is 25.6 Å². The monoisotopic (exact) mass is 371 g/mol. The first-order valence-corrected chi connectivity index (χ1v) is 8.18. The summed E-state index contributed by atoms with van der Waals surface area (Å²) in [7, 11) is 0. The van der Waals surface area contributed by atoms with Crippen LogP contribution in [0.5, 0.6) is 0 Å². The summed E-state index contributed by atoms with van der Waals surface area (Å²) < 4.78 is 5.55. The fourth-order valence-corrected chi connectivity index (χ4v) is 2.30. The van der Waals surface area contributed by atoms with Crippen molar-refractivity contribution in [3.05, 3.63) is 12.2 Å². The molecule has 10 nitrogen and oxygen atoms in total. The average Bonchev–Trinajstić information content (AvgIpc) is 2.87. The molecule has 3 amide bonds. The van der Waals surface area contributed by atoms with Crippen LogP contribution in [-0.2, 0) is 23.9 Å². The van der Waals surface area contributed by atoms with Crippen LogP contribution >= 0.6 is 0 Å². The van der Waals surface area contributed by atoms with Gasteiger partial charge in [0.15, 0.2) is 0 Å². The minimum atomic E-state index is -1.17. The number of aliphatic hydroxyl groups excluding tert-OH is 1. The second-order valence-corrected chi connectivity index (χ2v) is 6.29. The van der Waals surface area contributed by atoms with Crippen LogP contribution in [0.2, 0.25) is 0 Å². The molecule has 26 heavy (non-hydrogen) atoms. The SMILES string of the molecule is CC(C)(CCO)OCCNC(=O)[C@@H](CNCC(=O)O)N1C(=O)C=CC1=O. The van der Waals surface area contributed by atoms with E-state index in [-0.39, 0.29) is 26.3 Å². The summed E-state index contributed by atoms with van der Waals surface area (Å²) in [6, 6.07) is -1.17. The normalized spacial score (nSPS) is 15.4. The predicted octanol–water partition coefficient (Wildman–Crippen LogP) is -1.75. The highest BCUT2D eigenvalue weighted by Crippen LogP contribution is 2.13. The maximum absolute atomic E-state index is 12.4. The Bertz CT molecular complexity index is 556. The van der Waals surface area contributed by atoms with Gasteiger partial charge in [-0.2, -0.15) is 0 Å². The predicted molar refractivity (Wildman–Crippen MR) is 90.0 cm³/mol. The number of imide groups is 1. The molecule has 0 aliphatic carbocycles. The number of rotatable bonds is 12. The van der Waals surface area contributed by atoms with Crippen LogP contribution in [0.3, 0.4) is 0 Å². The van der Waals surface area contributed by atoms with E-state index >= 15 is 0 Å². The van der Waals surface area contributed by atoms with Gasteiger partial charge in [-0.05, 0) is 20.3 Å². The molecule has 1 rings (SSSR count). The quantitative estimate of drug-likeness (QED) is 0.233. The molecule has 0 aromatic carbocycles. The lowest BCUT2D eigenvalue weighted by Crippen LogP contribution is -2.55. The van der Waals surface area contributed by atoms with Crippen molar-refractivity contribution < 1.29 is 34.1 Å². The first-order chi connectivity index (χ1) is 12.2. The number of carboxylic acids is 1. The average molecular weight is 371 g/mol. The minimum absolute atomic E-state index is 0.0249. The number of nitrogens with zero attached hydrogens (tertiary/aromatic N) is 1. The number of hydrogen-bond donors (Lipinski definition) is 4. The van der Waals surface area contributed by atoms with E-state index in [2.05, 4.69) is 10.6 Å². The van der Waals surface area contributed by atoms with Gasteiger partial charge >= 0.3 is 5.97 Å². The highest BCUT2D eigenvalue weighted by Gasteiger charge is 2.35. The third-order valence-corrected chi connectivity index (χ3v) is 3.68. The van der Waals surface area contributed by atoms with E-state index in [1.54, 1.807) is 13.8 Å². The number of hydrogen-bond acceptors (Lipinski definition) is 7. The molecule has 146 valence electrons. The second kappa shape index (κ2) is 10.00. The second-order valence-electron chi connectivity index (χ2n) is 6.29. The fraction of sp³-hybridized carbons (Fsp3) is 0.625. The topological polar surface area (TPSA) is 145 Å². The molecular formula is C16H25N3O7. The zero-order chi connectivity index (χ0) is 19.7. The Kier molecular flexibility index (Phi) is 8.36. The summed E-state index contributed by atoms with van der Waals surface area (Å²) in [5, 5.41) is 22.7. The Morgan fingerprint density at radius 2 is 1.88 bits per heavy atom. The van der Waals surface area contributed by atoms with Gasteiger partial charge in [-0.1, -0.05) is 0 Å². The molecular weight excluding hydrogens is 346 g/mol. The third kappa shape index (κ3) is 6.90. The van der Waals surface area contributed by atoms with E-state index in [1.165, 1.54) is 0 Å². The molecule has 1 aliphatic rings. The molecule has 0 fully saturated rings. The number of aliphatic carboxylic acids is 1. The largest absolute Gasteiger partial charge is 0.480 e. The smallest absolute Gasteiger partial charge is 0.317 e. The van der Waals surface area contributed by atoms with Crippen molar-refractivity contribution in [3.8, 4) is 0 Å². The molecule has 10 heteroatoms. The molecule has 0 aromatic heterocycles. The molecule has 1 aliphatic heterocycles. The number of carboxylic acid groups (broad SMARTS) is 1. The molecule has 0 bridgehead atoms. The molecule has 1 atom stereocenters. The number of aliphatic hydroxyl groups is 1. The lowest BCUT2D eigenvalue weighted by Gasteiger charge is -2.27. The van der Waals surface area contributed by atoms with Crippen LogP contribution < -0.4 is 10.6 Å². The maximum atomic E-state index is 12.4. The van der Waals surface area contributed by atoms with E-state index in [0.29, 0.717) is 6.42 Å². The van der Waals surface area contributed by atoms with Crippen molar-refractivity contribution >= 4 is 23.7 Å². The van der Waals surface area contributed by atoms with Gasteiger partial charge in [0, 0.05) is 31.8 Å². The summed E-state index contributed by atoms with van der Waals surface area (Å²) in [4.78, 5) is 47.4. The van der Waals surface area contributed by atoms with Crippen molar-refractivity contribution in [2.45, 2.75) is 31.9 Å². The third-order valence-electron chi connectivity index (χ3n) is 3.68. The number of carbonyl (C=O) groups is 4. The molecule has 1 heterocycles. The first kappa shape index (κ1) is 21.7. The summed E-state index contributed by atoms with van der Waals surface area (Å²) in [6.07, 6.45) is 2.55. The van der Waals surface area contributed by atoms with Crippen molar-refractivity contribution in [1.29, 1.82) is 0 Å². The van der Waals surface area contributed by atoms with Gasteiger partial charge in [-0.25, -0.2) is 0 Å². The van der Waals surface area contributed by atoms with Crippen molar-refractivity contribution in [2.24, 2.45) is 0 Å². The van der Waals surface area contributed by atoms with Gasteiger partial charge in [0.1, 0.15) is 6.04 Å². The Morgan fingerprint density at radius 1 is 1.27 bits per heavy atom. The Hall–Kier alpha value is -2.30. The van der Waals surface area contributed by atoms with Crippen LogP contribution in [0.1, 0.15) is 20.3 Å². The zero-order valence-corrected chi connectivity index (χ0v) is 14.9. The summed E-state index contributed by atoms with van der Waals surface area (Å²) in [5.74, 6) is -2.99. The van der Waals surface area contributed by atoms with Gasteiger partial charge in [-0.3, -0.25) is 24.1 Å². The molecule has 4 N–H and O–H groups in total. The Labute approximate surface area is 151 Å². The first-order valence-electron chi connectivity index (χ1n) is 8.18. The highest BCUT2D eigenvalue weighted by atomic mass is 16.5. The molecule has 0 radical (unpaired) electrons. The van der Waals surface area contributed by atoms with Crippen LogP contribution in [0, 0.1) is 0 Å². The lowest BCUT2D eigenvalue weighted by molar-refractivity contribution is -0.145. The van der Waals surface area contributed by atoms with Crippen LogP contribution in [-0.4, -0.2) is 83.3 Å². The number of nitrogens with one attached hydrogen (secondary N) is 2.